The van der Waals surface area contributed by atoms with Crippen LogP contribution in [0.4, 0.5) is 5.82 Å². The lowest BCUT2D eigenvalue weighted by Gasteiger charge is -2.37. The second kappa shape index (κ2) is 8.63. The van der Waals surface area contributed by atoms with Crippen molar-refractivity contribution in [3.8, 4) is 0 Å². The van der Waals surface area contributed by atoms with Crippen molar-refractivity contribution in [1.82, 2.24) is 24.5 Å². The Bertz CT molecular complexity index is 996. The molecule has 30 heavy (non-hydrogen) atoms. The monoisotopic (exact) mass is 468 g/mol. The Hall–Kier alpha value is -1.99. The van der Waals surface area contributed by atoms with E-state index in [2.05, 4.69) is 55.3 Å². The number of likely N-dealkylation sites (tertiary alicyclic amines) is 1. The van der Waals surface area contributed by atoms with Crippen LogP contribution in [0.3, 0.4) is 0 Å². The summed E-state index contributed by atoms with van der Waals surface area (Å²) in [6.07, 6.45) is 12.0. The summed E-state index contributed by atoms with van der Waals surface area (Å²) in [6, 6.07) is 7.04. The third-order valence-electron chi connectivity index (χ3n) is 6.88. The van der Waals surface area contributed by atoms with E-state index in [-0.39, 0.29) is 0 Å². The van der Waals surface area contributed by atoms with Gasteiger partial charge in [0, 0.05) is 42.7 Å². The van der Waals surface area contributed by atoms with Gasteiger partial charge in [-0.3, -0.25) is 4.98 Å². The topological polar surface area (TPSA) is 58.4 Å². The Morgan fingerprint density at radius 1 is 1.17 bits per heavy atom. The van der Waals surface area contributed by atoms with Crippen LogP contribution >= 0.6 is 15.9 Å². The lowest BCUT2D eigenvalue weighted by atomic mass is 9.91. The zero-order valence-corrected chi connectivity index (χ0v) is 19.1. The van der Waals surface area contributed by atoms with Crippen molar-refractivity contribution < 1.29 is 0 Å². The van der Waals surface area contributed by atoms with Crippen LogP contribution in [0.25, 0.3) is 5.65 Å². The predicted octanol–water partition coefficient (Wildman–Crippen LogP) is 4.87. The van der Waals surface area contributed by atoms with Gasteiger partial charge < -0.3 is 10.2 Å². The van der Waals surface area contributed by atoms with Crippen LogP contribution in [-0.4, -0.2) is 43.6 Å². The number of hydrogen-bond acceptors (Lipinski definition) is 5. The number of aromatic nitrogens is 4. The molecule has 1 aliphatic heterocycles. The number of fused-ring (bicyclic) bond motifs is 1. The number of piperidine rings is 1. The second-order valence-corrected chi connectivity index (χ2v) is 9.65. The minimum Gasteiger partial charge on any atom is -0.366 e. The molecule has 2 fully saturated rings. The minimum absolute atomic E-state index is 0.503. The Labute approximate surface area is 186 Å². The number of hydrogen-bond donors (Lipinski definition) is 1. The molecule has 1 N–H and O–H groups in total. The third kappa shape index (κ3) is 3.97. The first-order valence-electron chi connectivity index (χ1n) is 11.1. The Balaban J connectivity index is 1.35. The molecular weight excluding hydrogens is 440 g/mol. The molecule has 1 saturated heterocycles. The van der Waals surface area contributed by atoms with Crippen molar-refractivity contribution in [3.05, 3.63) is 52.5 Å². The molecule has 2 atom stereocenters. The smallest absolute Gasteiger partial charge is 0.171 e. The molecule has 0 bridgehead atoms. The Kier molecular flexibility index (Phi) is 5.74. The molecule has 3 aromatic rings. The van der Waals surface area contributed by atoms with Gasteiger partial charge in [-0.2, -0.15) is 9.61 Å². The maximum Gasteiger partial charge on any atom is 0.171 e. The van der Waals surface area contributed by atoms with E-state index in [0.29, 0.717) is 12.5 Å². The highest BCUT2D eigenvalue weighted by Crippen LogP contribution is 2.35. The Morgan fingerprint density at radius 2 is 2.03 bits per heavy atom. The fourth-order valence-corrected chi connectivity index (χ4v) is 5.53. The molecule has 7 heteroatoms. The molecule has 2 unspecified atom stereocenters. The second-order valence-electron chi connectivity index (χ2n) is 8.79. The molecular formula is C23H29BrN6. The molecule has 5 rings (SSSR count). The molecule has 0 amide bonds. The fourth-order valence-electron chi connectivity index (χ4n) is 5.18. The molecule has 0 aromatic carbocycles. The van der Waals surface area contributed by atoms with Crippen LogP contribution in [0, 0.1) is 5.92 Å². The van der Waals surface area contributed by atoms with Crippen LogP contribution in [0.5, 0.6) is 0 Å². The van der Waals surface area contributed by atoms with Crippen molar-refractivity contribution in [2.75, 3.05) is 18.4 Å². The van der Waals surface area contributed by atoms with Crippen molar-refractivity contribution in [1.29, 1.82) is 0 Å². The number of halogens is 1. The molecule has 1 saturated carbocycles. The summed E-state index contributed by atoms with van der Waals surface area (Å²) in [4.78, 5) is 11.9. The molecule has 158 valence electrons. The molecule has 1 aliphatic carbocycles. The predicted molar refractivity (Wildman–Crippen MR) is 123 cm³/mol. The van der Waals surface area contributed by atoms with E-state index in [1.807, 2.05) is 23.0 Å². The maximum atomic E-state index is 4.99. The van der Waals surface area contributed by atoms with Gasteiger partial charge in [0.15, 0.2) is 5.65 Å². The van der Waals surface area contributed by atoms with Crippen molar-refractivity contribution in [3.63, 3.8) is 0 Å². The number of nitrogens with one attached hydrogen (secondary N) is 1. The summed E-state index contributed by atoms with van der Waals surface area (Å²) in [7, 11) is 0. The lowest BCUT2D eigenvalue weighted by Crippen LogP contribution is -2.42. The summed E-state index contributed by atoms with van der Waals surface area (Å²) in [5, 5.41) is 8.06. The van der Waals surface area contributed by atoms with Gasteiger partial charge in [0.2, 0.25) is 0 Å². The van der Waals surface area contributed by atoms with Gasteiger partial charge >= 0.3 is 0 Å². The largest absolute Gasteiger partial charge is 0.366 e. The molecule has 4 heterocycles. The van der Waals surface area contributed by atoms with E-state index in [1.165, 1.54) is 50.9 Å². The highest BCUT2D eigenvalue weighted by molar-refractivity contribution is 9.10. The molecule has 0 spiro atoms. The van der Waals surface area contributed by atoms with Crippen LogP contribution in [0.2, 0.25) is 0 Å². The molecule has 2 aliphatic rings. The van der Waals surface area contributed by atoms with Gasteiger partial charge in [0.05, 0.1) is 10.7 Å². The minimum atomic E-state index is 0.503. The van der Waals surface area contributed by atoms with Gasteiger partial charge in [0.1, 0.15) is 5.82 Å². The number of anilines is 1. The fraction of sp³-hybridized carbons (Fsp3) is 0.522. The average Bonchev–Trinajstić information content (AvgIpc) is 3.38. The highest BCUT2D eigenvalue weighted by Gasteiger charge is 2.32. The van der Waals surface area contributed by atoms with Crippen molar-refractivity contribution in [2.45, 2.75) is 57.5 Å². The summed E-state index contributed by atoms with van der Waals surface area (Å²) >= 11 is 3.62. The van der Waals surface area contributed by atoms with Crippen molar-refractivity contribution >= 4 is 27.4 Å². The molecule has 3 aromatic heterocycles. The standard InChI is InChI=1S/C23H29BrN6/c1-16-4-2-6-21(16)29-10-7-18(8-11-29)20-12-22(26-14-17-5-3-9-25-13-17)30-23(28-20)19(24)15-27-30/h3,5,9,12-13,15-16,18,21,26H,2,4,6-8,10-11,14H2,1H3. The highest BCUT2D eigenvalue weighted by atomic mass is 79.9. The first-order chi connectivity index (χ1) is 14.7. The van der Waals surface area contributed by atoms with E-state index in [0.717, 1.165) is 33.5 Å². The van der Waals surface area contributed by atoms with Gasteiger partial charge in [-0.15, -0.1) is 0 Å². The van der Waals surface area contributed by atoms with E-state index in [1.54, 1.807) is 6.20 Å². The number of nitrogens with zero attached hydrogens (tertiary/aromatic N) is 5. The van der Waals surface area contributed by atoms with Gasteiger partial charge in [0.25, 0.3) is 0 Å². The van der Waals surface area contributed by atoms with E-state index in [4.69, 9.17) is 4.98 Å². The maximum absolute atomic E-state index is 4.99. The third-order valence-corrected chi connectivity index (χ3v) is 7.44. The number of rotatable bonds is 5. The van der Waals surface area contributed by atoms with Gasteiger partial charge in [-0.1, -0.05) is 19.4 Å². The summed E-state index contributed by atoms with van der Waals surface area (Å²) in [6.45, 7) is 5.51. The molecule has 0 radical (unpaired) electrons. The first kappa shape index (κ1) is 19.9. The van der Waals surface area contributed by atoms with Gasteiger partial charge in [-0.05, 0) is 72.3 Å². The summed E-state index contributed by atoms with van der Waals surface area (Å²) < 4.78 is 2.82. The van der Waals surface area contributed by atoms with Crippen LogP contribution < -0.4 is 5.32 Å². The quantitative estimate of drug-likeness (QED) is 0.578. The van der Waals surface area contributed by atoms with E-state index >= 15 is 0 Å². The Morgan fingerprint density at radius 3 is 2.77 bits per heavy atom. The van der Waals surface area contributed by atoms with Crippen molar-refractivity contribution in [2.24, 2.45) is 5.92 Å². The lowest BCUT2D eigenvalue weighted by molar-refractivity contribution is 0.128. The zero-order valence-electron chi connectivity index (χ0n) is 17.5. The first-order valence-corrected chi connectivity index (χ1v) is 11.9. The van der Waals surface area contributed by atoms with Crippen LogP contribution in [0.15, 0.2) is 41.3 Å². The SMILES string of the molecule is CC1CCCC1N1CCC(c2cc(NCc3cccnc3)n3ncc(Br)c3n2)CC1. The normalized spacial score (nSPS) is 23.3. The van der Waals surface area contributed by atoms with Gasteiger partial charge in [-0.25, -0.2) is 4.98 Å². The summed E-state index contributed by atoms with van der Waals surface area (Å²) in [5.74, 6) is 2.34. The van der Waals surface area contributed by atoms with Crippen LogP contribution in [-0.2, 0) is 6.54 Å². The van der Waals surface area contributed by atoms with E-state index in [9.17, 15) is 0 Å². The zero-order chi connectivity index (χ0) is 20.5. The average molecular weight is 469 g/mol. The summed E-state index contributed by atoms with van der Waals surface area (Å²) in [5.41, 5.74) is 3.21. The molecule has 6 nitrogen and oxygen atoms in total. The number of pyridine rings is 1. The van der Waals surface area contributed by atoms with E-state index < -0.39 is 0 Å². The van der Waals surface area contributed by atoms with Crippen LogP contribution in [0.1, 0.15) is 56.2 Å².